The molecule has 2 amide bonds. The molecule has 0 radical (unpaired) electrons. The van der Waals surface area contributed by atoms with Crippen molar-refractivity contribution in [3.8, 4) is 0 Å². The number of carboxylic acid groups (broad SMARTS) is 1. The van der Waals surface area contributed by atoms with Crippen LogP contribution in [0.1, 0.15) is 12.8 Å². The van der Waals surface area contributed by atoms with E-state index < -0.39 is 18.0 Å². The first kappa shape index (κ1) is 18.6. The molecule has 0 aliphatic carbocycles. The quantitative estimate of drug-likeness (QED) is 0.444. The summed E-state index contributed by atoms with van der Waals surface area (Å²) >= 11 is 0. The number of amides is 2. The molecule has 0 fully saturated rings. The number of carbonyl (C=O) groups excluding carboxylic acids is 1. The SMILES string of the molecule is COCCCC(NC(=O)N(CCO)CCOC)C(=O)O. The second-order valence-electron chi connectivity index (χ2n) is 4.18. The van der Waals surface area contributed by atoms with Crippen molar-refractivity contribution in [3.63, 3.8) is 0 Å². The Bertz CT molecular complexity index is 287. The Hall–Kier alpha value is -1.38. The summed E-state index contributed by atoms with van der Waals surface area (Å²) in [6.07, 6.45) is 0.817. The maximum Gasteiger partial charge on any atom is 0.326 e. The van der Waals surface area contributed by atoms with Gasteiger partial charge in [0, 0.05) is 33.9 Å². The van der Waals surface area contributed by atoms with Gasteiger partial charge in [-0.2, -0.15) is 0 Å². The lowest BCUT2D eigenvalue weighted by atomic mass is 10.1. The largest absolute Gasteiger partial charge is 0.480 e. The van der Waals surface area contributed by atoms with Gasteiger partial charge in [0.15, 0.2) is 0 Å². The van der Waals surface area contributed by atoms with Crippen LogP contribution < -0.4 is 5.32 Å². The third kappa shape index (κ3) is 7.93. The number of nitrogens with one attached hydrogen (secondary N) is 1. The van der Waals surface area contributed by atoms with E-state index in [-0.39, 0.29) is 26.1 Å². The third-order valence-electron chi connectivity index (χ3n) is 2.66. The van der Waals surface area contributed by atoms with Crippen LogP contribution in [0.15, 0.2) is 0 Å². The van der Waals surface area contributed by atoms with Crippen molar-refractivity contribution in [1.82, 2.24) is 10.2 Å². The van der Waals surface area contributed by atoms with Crippen molar-refractivity contribution in [2.45, 2.75) is 18.9 Å². The molecule has 3 N–H and O–H groups in total. The highest BCUT2D eigenvalue weighted by molar-refractivity contribution is 5.82. The molecule has 0 heterocycles. The first-order valence-corrected chi connectivity index (χ1v) is 6.43. The van der Waals surface area contributed by atoms with Gasteiger partial charge in [0.2, 0.25) is 0 Å². The summed E-state index contributed by atoms with van der Waals surface area (Å²) in [5.74, 6) is -1.09. The number of nitrogens with zero attached hydrogens (tertiary/aromatic N) is 1. The van der Waals surface area contributed by atoms with Crippen molar-refractivity contribution in [3.05, 3.63) is 0 Å². The number of carbonyl (C=O) groups is 2. The standard InChI is InChI=1S/C12H24N2O6/c1-19-8-3-4-10(11(16)17)13-12(18)14(5-7-15)6-9-20-2/h10,15H,3-9H2,1-2H3,(H,13,18)(H,16,17). The number of carboxylic acids is 1. The lowest BCUT2D eigenvalue weighted by Crippen LogP contribution is -2.49. The molecule has 20 heavy (non-hydrogen) atoms. The fraction of sp³-hybridized carbons (Fsp3) is 0.833. The average Bonchev–Trinajstić information content (AvgIpc) is 2.42. The molecule has 8 nitrogen and oxygen atoms in total. The molecular formula is C12H24N2O6. The van der Waals surface area contributed by atoms with E-state index in [1.54, 1.807) is 0 Å². The van der Waals surface area contributed by atoms with E-state index in [2.05, 4.69) is 5.32 Å². The van der Waals surface area contributed by atoms with Crippen LogP contribution in [0, 0.1) is 0 Å². The Morgan fingerprint density at radius 1 is 1.20 bits per heavy atom. The smallest absolute Gasteiger partial charge is 0.326 e. The van der Waals surface area contributed by atoms with Crippen LogP contribution in [-0.4, -0.2) is 80.3 Å². The van der Waals surface area contributed by atoms with Gasteiger partial charge in [0.1, 0.15) is 6.04 Å². The summed E-state index contributed by atoms with van der Waals surface area (Å²) in [6, 6.07) is -1.50. The first-order chi connectivity index (χ1) is 9.56. The van der Waals surface area contributed by atoms with Crippen LogP contribution in [0.25, 0.3) is 0 Å². The molecule has 118 valence electrons. The van der Waals surface area contributed by atoms with E-state index in [4.69, 9.17) is 19.7 Å². The molecule has 0 aromatic rings. The fourth-order valence-corrected chi connectivity index (χ4v) is 1.57. The van der Waals surface area contributed by atoms with Crippen molar-refractivity contribution < 1.29 is 29.3 Å². The van der Waals surface area contributed by atoms with E-state index in [1.807, 2.05) is 0 Å². The second-order valence-corrected chi connectivity index (χ2v) is 4.18. The van der Waals surface area contributed by atoms with Crippen LogP contribution in [0.4, 0.5) is 4.79 Å². The van der Waals surface area contributed by atoms with Gasteiger partial charge in [-0.25, -0.2) is 9.59 Å². The second kappa shape index (κ2) is 11.4. The molecule has 0 aliphatic heterocycles. The van der Waals surface area contributed by atoms with E-state index in [1.165, 1.54) is 19.1 Å². The number of aliphatic hydroxyl groups is 1. The highest BCUT2D eigenvalue weighted by atomic mass is 16.5. The minimum Gasteiger partial charge on any atom is -0.480 e. The normalized spacial score (nSPS) is 11.9. The maximum atomic E-state index is 11.9. The molecule has 0 bridgehead atoms. The van der Waals surface area contributed by atoms with Crippen LogP contribution in [0.5, 0.6) is 0 Å². The zero-order valence-electron chi connectivity index (χ0n) is 12.0. The van der Waals surface area contributed by atoms with Gasteiger partial charge in [0.25, 0.3) is 0 Å². The summed E-state index contributed by atoms with van der Waals surface area (Å²) in [7, 11) is 3.03. The number of hydrogen-bond acceptors (Lipinski definition) is 5. The lowest BCUT2D eigenvalue weighted by Gasteiger charge is -2.24. The number of urea groups is 1. The van der Waals surface area contributed by atoms with Gasteiger partial charge < -0.3 is 29.9 Å². The summed E-state index contributed by atoms with van der Waals surface area (Å²) in [5, 5.41) is 20.4. The van der Waals surface area contributed by atoms with Gasteiger partial charge in [-0.05, 0) is 12.8 Å². The predicted octanol–water partition coefficient (Wildman–Crippen LogP) is -0.483. The highest BCUT2D eigenvalue weighted by Crippen LogP contribution is 2.00. The molecule has 1 unspecified atom stereocenters. The maximum absolute atomic E-state index is 11.9. The Labute approximate surface area is 118 Å². The highest BCUT2D eigenvalue weighted by Gasteiger charge is 2.22. The number of rotatable bonds is 11. The van der Waals surface area contributed by atoms with Gasteiger partial charge in [-0.3, -0.25) is 0 Å². The van der Waals surface area contributed by atoms with Crippen LogP contribution >= 0.6 is 0 Å². The molecule has 0 spiro atoms. The molecule has 1 atom stereocenters. The Kier molecular flexibility index (Phi) is 10.7. The number of aliphatic hydroxyl groups excluding tert-OH is 1. The van der Waals surface area contributed by atoms with E-state index in [0.29, 0.717) is 19.6 Å². The van der Waals surface area contributed by atoms with Gasteiger partial charge in [-0.15, -0.1) is 0 Å². The Morgan fingerprint density at radius 2 is 1.85 bits per heavy atom. The Morgan fingerprint density at radius 3 is 2.35 bits per heavy atom. The zero-order valence-corrected chi connectivity index (χ0v) is 12.0. The third-order valence-corrected chi connectivity index (χ3v) is 2.66. The van der Waals surface area contributed by atoms with Gasteiger partial charge in [0.05, 0.1) is 13.2 Å². The fourth-order valence-electron chi connectivity index (χ4n) is 1.57. The summed E-state index contributed by atoms with van der Waals surface area (Å²) in [4.78, 5) is 24.3. The molecular weight excluding hydrogens is 268 g/mol. The minimum atomic E-state index is -1.09. The molecule has 8 heteroatoms. The predicted molar refractivity (Wildman–Crippen MR) is 71.6 cm³/mol. The molecule has 0 aliphatic rings. The molecule has 0 aromatic carbocycles. The minimum absolute atomic E-state index is 0.125. The molecule has 0 rings (SSSR count). The van der Waals surface area contributed by atoms with E-state index >= 15 is 0 Å². The van der Waals surface area contributed by atoms with Crippen molar-refractivity contribution in [2.24, 2.45) is 0 Å². The molecule has 0 saturated heterocycles. The van der Waals surface area contributed by atoms with Crippen LogP contribution in [-0.2, 0) is 14.3 Å². The lowest BCUT2D eigenvalue weighted by molar-refractivity contribution is -0.139. The summed E-state index contributed by atoms with van der Waals surface area (Å²) < 4.78 is 9.71. The summed E-state index contributed by atoms with van der Waals surface area (Å²) in [6.45, 7) is 0.962. The van der Waals surface area contributed by atoms with Crippen LogP contribution in [0.2, 0.25) is 0 Å². The van der Waals surface area contributed by atoms with E-state index in [9.17, 15) is 9.59 Å². The number of hydrogen-bond donors (Lipinski definition) is 3. The number of methoxy groups -OCH3 is 2. The van der Waals surface area contributed by atoms with Crippen molar-refractivity contribution in [1.29, 1.82) is 0 Å². The van der Waals surface area contributed by atoms with Gasteiger partial charge in [-0.1, -0.05) is 0 Å². The van der Waals surface area contributed by atoms with E-state index in [0.717, 1.165) is 0 Å². The number of aliphatic carboxylic acids is 1. The van der Waals surface area contributed by atoms with Crippen LogP contribution in [0.3, 0.4) is 0 Å². The summed E-state index contributed by atoms with van der Waals surface area (Å²) in [5.41, 5.74) is 0. The monoisotopic (exact) mass is 292 g/mol. The Balaban J connectivity index is 4.40. The average molecular weight is 292 g/mol. The topological polar surface area (TPSA) is 108 Å². The zero-order chi connectivity index (χ0) is 15.4. The number of ether oxygens (including phenoxy) is 2. The van der Waals surface area contributed by atoms with Crippen molar-refractivity contribution in [2.75, 3.05) is 47.1 Å². The molecule has 0 aromatic heterocycles. The van der Waals surface area contributed by atoms with Crippen molar-refractivity contribution >= 4 is 12.0 Å². The molecule has 0 saturated carbocycles. The van der Waals surface area contributed by atoms with Gasteiger partial charge >= 0.3 is 12.0 Å². The first-order valence-electron chi connectivity index (χ1n) is 6.43.